The first-order valence-corrected chi connectivity index (χ1v) is 6.19. The van der Waals surface area contributed by atoms with Gasteiger partial charge < -0.3 is 9.88 Å². The molecule has 0 atom stereocenters. The summed E-state index contributed by atoms with van der Waals surface area (Å²) in [5, 5.41) is 12.7. The highest BCUT2D eigenvalue weighted by atomic mass is 35.5. The Balaban J connectivity index is 2.08. The summed E-state index contributed by atoms with van der Waals surface area (Å²) in [5.41, 5.74) is 2.59. The second-order valence-electron chi connectivity index (χ2n) is 4.01. The number of hydrogen-bond acceptors (Lipinski definition) is 2. The molecule has 1 aromatic carbocycles. The first kappa shape index (κ1) is 12.5. The molecule has 2 aromatic rings. The van der Waals surface area contributed by atoms with E-state index in [0.717, 1.165) is 12.2 Å². The molecule has 0 aliphatic heterocycles. The summed E-state index contributed by atoms with van der Waals surface area (Å²) >= 11 is 6.07. The number of nitrogens with one attached hydrogen (secondary N) is 1. The van der Waals surface area contributed by atoms with E-state index in [1.54, 1.807) is 18.2 Å². The largest absolute Gasteiger partial charge is 0.380 e. The number of aromatic nitrogens is 1. The fourth-order valence-electron chi connectivity index (χ4n) is 1.72. The SMILES string of the molecule is CCn1ccc(CNc2cc(C#N)ccc2Cl)c1. The van der Waals surface area contributed by atoms with Crippen LogP contribution in [0.3, 0.4) is 0 Å². The lowest BCUT2D eigenvalue weighted by Gasteiger charge is -2.07. The molecule has 1 N–H and O–H groups in total. The summed E-state index contributed by atoms with van der Waals surface area (Å²) in [6.07, 6.45) is 4.14. The van der Waals surface area contributed by atoms with Gasteiger partial charge in [0.15, 0.2) is 0 Å². The fraction of sp³-hybridized carbons (Fsp3) is 0.214. The normalized spacial score (nSPS) is 10.1. The Morgan fingerprint density at radius 1 is 1.39 bits per heavy atom. The van der Waals surface area contributed by atoms with E-state index in [9.17, 15) is 0 Å². The first-order valence-electron chi connectivity index (χ1n) is 5.81. The minimum Gasteiger partial charge on any atom is -0.380 e. The van der Waals surface area contributed by atoms with Gasteiger partial charge in [-0.25, -0.2) is 0 Å². The molecule has 0 aliphatic rings. The van der Waals surface area contributed by atoms with E-state index in [2.05, 4.69) is 35.1 Å². The Bertz CT molecular complexity index is 581. The second-order valence-corrected chi connectivity index (χ2v) is 4.42. The van der Waals surface area contributed by atoms with Crippen LogP contribution in [0, 0.1) is 11.3 Å². The first-order chi connectivity index (χ1) is 8.72. The highest BCUT2D eigenvalue weighted by Gasteiger charge is 2.02. The van der Waals surface area contributed by atoms with Gasteiger partial charge in [0.05, 0.1) is 22.3 Å². The van der Waals surface area contributed by atoms with Crippen molar-refractivity contribution in [1.29, 1.82) is 5.26 Å². The van der Waals surface area contributed by atoms with Gasteiger partial charge in [0.1, 0.15) is 0 Å². The second kappa shape index (κ2) is 5.61. The molecule has 0 bridgehead atoms. The predicted molar refractivity (Wildman–Crippen MR) is 73.6 cm³/mol. The van der Waals surface area contributed by atoms with Crippen LogP contribution in [0.2, 0.25) is 5.02 Å². The van der Waals surface area contributed by atoms with E-state index < -0.39 is 0 Å². The molecule has 0 amide bonds. The average molecular weight is 260 g/mol. The summed E-state index contributed by atoms with van der Waals surface area (Å²) in [6, 6.07) is 9.38. The van der Waals surface area contributed by atoms with Crippen LogP contribution in [-0.2, 0) is 13.1 Å². The van der Waals surface area contributed by atoms with Crippen molar-refractivity contribution in [3.63, 3.8) is 0 Å². The van der Waals surface area contributed by atoms with Gasteiger partial charge in [-0.2, -0.15) is 5.26 Å². The third kappa shape index (κ3) is 2.85. The lowest BCUT2D eigenvalue weighted by atomic mass is 10.2. The van der Waals surface area contributed by atoms with Crippen molar-refractivity contribution >= 4 is 17.3 Å². The quantitative estimate of drug-likeness (QED) is 0.911. The molecule has 3 nitrogen and oxygen atoms in total. The molecular weight excluding hydrogens is 246 g/mol. The van der Waals surface area contributed by atoms with E-state index in [1.165, 1.54) is 5.56 Å². The molecule has 0 unspecified atom stereocenters. The van der Waals surface area contributed by atoms with Crippen LogP contribution < -0.4 is 5.32 Å². The Morgan fingerprint density at radius 3 is 2.89 bits per heavy atom. The van der Waals surface area contributed by atoms with Gasteiger partial charge in [-0.1, -0.05) is 11.6 Å². The third-order valence-corrected chi connectivity index (χ3v) is 3.08. The van der Waals surface area contributed by atoms with Gasteiger partial charge in [0, 0.05) is 25.5 Å². The zero-order valence-electron chi connectivity index (χ0n) is 10.2. The fourth-order valence-corrected chi connectivity index (χ4v) is 1.90. The maximum atomic E-state index is 8.85. The number of anilines is 1. The summed E-state index contributed by atoms with van der Waals surface area (Å²) in [4.78, 5) is 0. The smallest absolute Gasteiger partial charge is 0.0992 e. The van der Waals surface area contributed by atoms with Crippen LogP contribution in [0.4, 0.5) is 5.69 Å². The average Bonchev–Trinajstić information content (AvgIpc) is 2.86. The molecule has 1 aromatic heterocycles. The van der Waals surface area contributed by atoms with Gasteiger partial charge in [-0.05, 0) is 36.8 Å². The van der Waals surface area contributed by atoms with E-state index in [1.807, 2.05) is 6.20 Å². The van der Waals surface area contributed by atoms with Crippen LogP contribution >= 0.6 is 11.6 Å². The van der Waals surface area contributed by atoms with Gasteiger partial charge in [-0.15, -0.1) is 0 Å². The van der Waals surface area contributed by atoms with Gasteiger partial charge >= 0.3 is 0 Å². The number of hydrogen-bond donors (Lipinski definition) is 1. The zero-order chi connectivity index (χ0) is 13.0. The van der Waals surface area contributed by atoms with E-state index in [-0.39, 0.29) is 0 Å². The summed E-state index contributed by atoms with van der Waals surface area (Å²) < 4.78 is 2.12. The lowest BCUT2D eigenvalue weighted by Crippen LogP contribution is -1.99. The standard InChI is InChI=1S/C14H14ClN3/c1-2-18-6-5-12(10-18)9-17-14-7-11(8-16)3-4-13(14)15/h3-7,10,17H,2,9H2,1H3. The number of aryl methyl sites for hydroxylation is 1. The van der Waals surface area contributed by atoms with Crippen LogP contribution in [0.1, 0.15) is 18.1 Å². The third-order valence-electron chi connectivity index (χ3n) is 2.76. The molecular formula is C14H14ClN3. The Hall–Kier alpha value is -1.92. The molecule has 92 valence electrons. The molecule has 0 saturated heterocycles. The van der Waals surface area contributed by atoms with Crippen LogP contribution in [0.5, 0.6) is 0 Å². The maximum absolute atomic E-state index is 8.85. The van der Waals surface area contributed by atoms with E-state index in [4.69, 9.17) is 16.9 Å². The molecule has 0 radical (unpaired) electrons. The number of nitrogens with zero attached hydrogens (tertiary/aromatic N) is 2. The Labute approximate surface area is 112 Å². The van der Waals surface area contributed by atoms with E-state index >= 15 is 0 Å². The van der Waals surface area contributed by atoms with Crippen LogP contribution in [-0.4, -0.2) is 4.57 Å². The molecule has 18 heavy (non-hydrogen) atoms. The highest BCUT2D eigenvalue weighted by Crippen LogP contribution is 2.23. The number of rotatable bonds is 4. The summed E-state index contributed by atoms with van der Waals surface area (Å²) in [5.74, 6) is 0. The van der Waals surface area contributed by atoms with Crippen LogP contribution in [0.15, 0.2) is 36.7 Å². The predicted octanol–water partition coefficient (Wildman–Crippen LogP) is 3.65. The zero-order valence-corrected chi connectivity index (χ0v) is 10.9. The molecule has 0 aliphatic carbocycles. The highest BCUT2D eigenvalue weighted by molar-refractivity contribution is 6.33. The topological polar surface area (TPSA) is 40.8 Å². The number of nitriles is 1. The summed E-state index contributed by atoms with van der Waals surface area (Å²) in [6.45, 7) is 3.76. The number of benzene rings is 1. The van der Waals surface area contributed by atoms with Crippen molar-refractivity contribution in [2.24, 2.45) is 0 Å². The van der Waals surface area contributed by atoms with Gasteiger partial charge in [0.2, 0.25) is 0 Å². The lowest BCUT2D eigenvalue weighted by molar-refractivity contribution is 0.766. The minimum atomic E-state index is 0.605. The molecule has 0 saturated carbocycles. The molecule has 0 spiro atoms. The van der Waals surface area contributed by atoms with E-state index in [0.29, 0.717) is 17.1 Å². The maximum Gasteiger partial charge on any atom is 0.0992 e. The molecule has 1 heterocycles. The van der Waals surface area contributed by atoms with Crippen molar-refractivity contribution in [3.05, 3.63) is 52.8 Å². The van der Waals surface area contributed by atoms with Gasteiger partial charge in [-0.3, -0.25) is 0 Å². The Kier molecular flexibility index (Phi) is 3.91. The molecule has 4 heteroatoms. The monoisotopic (exact) mass is 259 g/mol. The Morgan fingerprint density at radius 2 is 2.22 bits per heavy atom. The van der Waals surface area contributed by atoms with Gasteiger partial charge in [0.25, 0.3) is 0 Å². The summed E-state index contributed by atoms with van der Waals surface area (Å²) in [7, 11) is 0. The van der Waals surface area contributed by atoms with Crippen molar-refractivity contribution in [1.82, 2.24) is 4.57 Å². The van der Waals surface area contributed by atoms with Crippen molar-refractivity contribution < 1.29 is 0 Å². The molecule has 2 rings (SSSR count). The molecule has 0 fully saturated rings. The van der Waals surface area contributed by atoms with Crippen molar-refractivity contribution in [2.45, 2.75) is 20.0 Å². The number of halogens is 1. The van der Waals surface area contributed by atoms with Crippen molar-refractivity contribution in [2.75, 3.05) is 5.32 Å². The minimum absolute atomic E-state index is 0.605. The van der Waals surface area contributed by atoms with Crippen molar-refractivity contribution in [3.8, 4) is 6.07 Å². The van der Waals surface area contributed by atoms with Crippen LogP contribution in [0.25, 0.3) is 0 Å².